The summed E-state index contributed by atoms with van der Waals surface area (Å²) in [6, 6.07) is 7.61. The molecule has 0 saturated carbocycles. The summed E-state index contributed by atoms with van der Waals surface area (Å²) in [6.07, 6.45) is -0.398. The molecule has 1 aromatic carbocycles. The van der Waals surface area contributed by atoms with Gasteiger partial charge in [0.05, 0.1) is 10.7 Å². The van der Waals surface area contributed by atoms with Gasteiger partial charge in [-0.25, -0.2) is 9.59 Å². The van der Waals surface area contributed by atoms with Crippen LogP contribution in [0.4, 0.5) is 15.3 Å². The Morgan fingerprint density at radius 1 is 1.19 bits per heavy atom. The third-order valence-electron chi connectivity index (χ3n) is 4.19. The van der Waals surface area contributed by atoms with Crippen LogP contribution in [0.5, 0.6) is 0 Å². The predicted molar refractivity (Wildman–Crippen MR) is 108 cm³/mol. The number of benzene rings is 1. The van der Waals surface area contributed by atoms with Crippen molar-refractivity contribution >= 4 is 29.4 Å². The van der Waals surface area contributed by atoms with E-state index in [-0.39, 0.29) is 6.03 Å². The van der Waals surface area contributed by atoms with Crippen molar-refractivity contribution in [3.63, 3.8) is 0 Å². The molecular formula is C19H29ClN4O3. The number of carbonyl (C=O) groups is 2. The number of likely N-dealkylation sites (N-methyl/N-ethyl adjacent to an activating group) is 1. The highest BCUT2D eigenvalue weighted by molar-refractivity contribution is 6.33. The average Bonchev–Trinajstić information content (AvgIpc) is 2.60. The van der Waals surface area contributed by atoms with E-state index in [1.807, 2.05) is 45.0 Å². The van der Waals surface area contributed by atoms with E-state index in [1.165, 1.54) is 4.90 Å². The Bertz CT molecular complexity index is 655. The van der Waals surface area contributed by atoms with E-state index in [1.54, 1.807) is 11.9 Å². The summed E-state index contributed by atoms with van der Waals surface area (Å²) in [5.41, 5.74) is 0.467. The third kappa shape index (κ3) is 6.50. The Morgan fingerprint density at radius 3 is 2.41 bits per heavy atom. The quantitative estimate of drug-likeness (QED) is 0.849. The molecule has 1 aliphatic rings. The van der Waals surface area contributed by atoms with Crippen molar-refractivity contribution in [2.45, 2.75) is 26.4 Å². The summed E-state index contributed by atoms with van der Waals surface area (Å²) in [5.74, 6) is 0. The summed E-state index contributed by atoms with van der Waals surface area (Å²) in [6.45, 7) is 8.94. The molecule has 0 bridgehead atoms. The number of nitrogens with zero attached hydrogens (tertiary/aromatic N) is 3. The van der Waals surface area contributed by atoms with Gasteiger partial charge >= 0.3 is 12.1 Å². The van der Waals surface area contributed by atoms with E-state index < -0.39 is 11.7 Å². The molecule has 1 N–H and O–H groups in total. The minimum atomic E-state index is -0.532. The molecule has 0 radical (unpaired) electrons. The van der Waals surface area contributed by atoms with E-state index in [4.69, 9.17) is 16.3 Å². The van der Waals surface area contributed by atoms with Crippen molar-refractivity contribution in [3.05, 3.63) is 29.3 Å². The molecule has 0 unspecified atom stereocenters. The molecule has 1 fully saturated rings. The molecule has 1 aromatic rings. The lowest BCUT2D eigenvalue weighted by Gasteiger charge is -2.36. The highest BCUT2D eigenvalue weighted by Gasteiger charge is 2.23. The second kappa shape index (κ2) is 9.17. The number of halogens is 1. The molecule has 0 aliphatic carbocycles. The normalized spacial score (nSPS) is 14.7. The fourth-order valence-electron chi connectivity index (χ4n) is 2.73. The predicted octanol–water partition coefficient (Wildman–Crippen LogP) is 3.04. The second-order valence-electron chi connectivity index (χ2n) is 7.56. The van der Waals surface area contributed by atoms with Crippen LogP contribution in [0.2, 0.25) is 5.02 Å². The average molecular weight is 397 g/mol. The number of ether oxygens (including phenoxy) is 1. The molecular weight excluding hydrogens is 368 g/mol. The van der Waals surface area contributed by atoms with Crippen LogP contribution in [0.1, 0.15) is 20.8 Å². The number of para-hydroxylation sites is 1. The Morgan fingerprint density at radius 2 is 1.81 bits per heavy atom. The number of piperazine rings is 1. The molecule has 2 rings (SSSR count). The van der Waals surface area contributed by atoms with Crippen LogP contribution in [-0.2, 0) is 4.74 Å². The lowest BCUT2D eigenvalue weighted by Crippen LogP contribution is -2.52. The number of anilines is 1. The summed E-state index contributed by atoms with van der Waals surface area (Å²) in [7, 11) is 1.66. The highest BCUT2D eigenvalue weighted by atomic mass is 35.5. The molecule has 3 amide bonds. The fourth-order valence-corrected chi connectivity index (χ4v) is 2.99. The van der Waals surface area contributed by atoms with E-state index in [0.29, 0.717) is 26.2 Å². The summed E-state index contributed by atoms with van der Waals surface area (Å²) in [5, 5.41) is 3.58. The maximum absolute atomic E-state index is 12.3. The van der Waals surface area contributed by atoms with Gasteiger partial charge in [-0.15, -0.1) is 0 Å². The molecule has 27 heavy (non-hydrogen) atoms. The maximum atomic E-state index is 12.3. The molecule has 7 nitrogen and oxygen atoms in total. The van der Waals surface area contributed by atoms with E-state index >= 15 is 0 Å². The summed E-state index contributed by atoms with van der Waals surface area (Å²) >= 11 is 6.24. The van der Waals surface area contributed by atoms with E-state index in [0.717, 1.165) is 23.8 Å². The summed E-state index contributed by atoms with van der Waals surface area (Å²) < 4.78 is 5.28. The first-order chi connectivity index (χ1) is 12.7. The summed E-state index contributed by atoms with van der Waals surface area (Å²) in [4.78, 5) is 29.6. The number of amides is 3. The van der Waals surface area contributed by atoms with Gasteiger partial charge in [0, 0.05) is 46.3 Å². The lowest BCUT2D eigenvalue weighted by atomic mass is 10.2. The van der Waals surface area contributed by atoms with Crippen LogP contribution >= 0.6 is 11.6 Å². The molecule has 0 atom stereocenters. The molecule has 1 heterocycles. The van der Waals surface area contributed by atoms with Crippen LogP contribution in [0.15, 0.2) is 24.3 Å². The van der Waals surface area contributed by atoms with Gasteiger partial charge in [-0.2, -0.15) is 0 Å². The zero-order chi connectivity index (χ0) is 20.0. The molecule has 8 heteroatoms. The molecule has 0 aromatic heterocycles. The molecule has 0 spiro atoms. The van der Waals surface area contributed by atoms with Crippen LogP contribution in [-0.4, -0.2) is 73.8 Å². The first kappa shape index (κ1) is 21.2. The number of hydrogen-bond donors (Lipinski definition) is 1. The van der Waals surface area contributed by atoms with E-state index in [2.05, 4.69) is 10.2 Å². The van der Waals surface area contributed by atoms with Crippen molar-refractivity contribution < 1.29 is 14.3 Å². The second-order valence-corrected chi connectivity index (χ2v) is 7.97. The molecule has 1 saturated heterocycles. The number of carbonyl (C=O) groups excluding carboxylic acids is 2. The van der Waals surface area contributed by atoms with Crippen molar-refractivity contribution in [1.29, 1.82) is 0 Å². The zero-order valence-corrected chi connectivity index (χ0v) is 17.3. The fraction of sp³-hybridized carbons (Fsp3) is 0.579. The van der Waals surface area contributed by atoms with Crippen molar-refractivity contribution in [2.24, 2.45) is 0 Å². The van der Waals surface area contributed by atoms with Crippen LogP contribution < -0.4 is 10.2 Å². The Balaban J connectivity index is 1.72. The Hall–Kier alpha value is -2.15. The van der Waals surface area contributed by atoms with Crippen molar-refractivity contribution in [1.82, 2.24) is 15.1 Å². The maximum Gasteiger partial charge on any atom is 0.410 e. The van der Waals surface area contributed by atoms with Gasteiger partial charge in [-0.05, 0) is 32.9 Å². The van der Waals surface area contributed by atoms with Crippen LogP contribution in [0.25, 0.3) is 0 Å². The Labute approximate surface area is 166 Å². The van der Waals surface area contributed by atoms with Gasteiger partial charge in [-0.3, -0.25) is 0 Å². The minimum absolute atomic E-state index is 0.119. The van der Waals surface area contributed by atoms with Crippen LogP contribution in [0.3, 0.4) is 0 Å². The van der Waals surface area contributed by atoms with Gasteiger partial charge in [0.15, 0.2) is 0 Å². The highest BCUT2D eigenvalue weighted by Crippen LogP contribution is 2.25. The van der Waals surface area contributed by atoms with Crippen molar-refractivity contribution in [3.8, 4) is 0 Å². The van der Waals surface area contributed by atoms with Crippen molar-refractivity contribution in [2.75, 3.05) is 51.2 Å². The first-order valence-electron chi connectivity index (χ1n) is 9.14. The third-order valence-corrected chi connectivity index (χ3v) is 4.51. The zero-order valence-electron chi connectivity index (χ0n) is 16.5. The smallest absolute Gasteiger partial charge is 0.410 e. The van der Waals surface area contributed by atoms with Gasteiger partial charge in [-0.1, -0.05) is 23.7 Å². The largest absolute Gasteiger partial charge is 0.444 e. The monoisotopic (exact) mass is 396 g/mol. The molecule has 150 valence electrons. The van der Waals surface area contributed by atoms with Gasteiger partial charge in [0.25, 0.3) is 0 Å². The topological polar surface area (TPSA) is 65.1 Å². The SMILES string of the molecule is CN(CCNC(=O)N1CCN(c2ccccc2Cl)CC1)C(=O)OC(C)(C)C. The van der Waals surface area contributed by atoms with Gasteiger partial charge < -0.3 is 24.8 Å². The standard InChI is InChI=1S/C19H29ClN4O3/c1-19(2,3)27-18(26)22(4)10-9-21-17(25)24-13-11-23(12-14-24)16-8-6-5-7-15(16)20/h5-8H,9-14H2,1-4H3,(H,21,25). The van der Waals surface area contributed by atoms with Gasteiger partial charge in [0.2, 0.25) is 0 Å². The number of nitrogens with one attached hydrogen (secondary N) is 1. The van der Waals surface area contributed by atoms with Crippen LogP contribution in [0, 0.1) is 0 Å². The molecule has 1 aliphatic heterocycles. The number of rotatable bonds is 4. The van der Waals surface area contributed by atoms with Gasteiger partial charge in [0.1, 0.15) is 5.60 Å². The number of hydrogen-bond acceptors (Lipinski definition) is 4. The minimum Gasteiger partial charge on any atom is -0.444 e. The Kier molecular flexibility index (Phi) is 7.18. The number of urea groups is 1. The lowest BCUT2D eigenvalue weighted by molar-refractivity contribution is 0.0300. The first-order valence-corrected chi connectivity index (χ1v) is 9.51. The van der Waals surface area contributed by atoms with E-state index in [9.17, 15) is 9.59 Å².